The largest absolute Gasteiger partial charge is 0.465 e. The molecule has 0 atom stereocenters. The maximum atomic E-state index is 13.7. The van der Waals surface area contributed by atoms with Crippen LogP contribution in [0.2, 0.25) is 0 Å². The molecule has 1 aromatic carbocycles. The van der Waals surface area contributed by atoms with Crippen LogP contribution < -0.4 is 5.32 Å². The molecule has 0 saturated heterocycles. The number of carboxylic acid groups (broad SMARTS) is 1. The number of nitrogens with one attached hydrogen (secondary N) is 1. The van der Waals surface area contributed by atoms with Crippen LogP contribution in [0.4, 0.5) is 14.2 Å². The second kappa shape index (κ2) is 5.44. The molecular formula is C15H15FN2O2S. The molecule has 2 N–H and O–H groups in total. The standard InChI is InChI=1S/C15H15FN2O2S/c1-8-14(18-15(19)20)21-13(17-8)6-9-4-11(10-2-3-10)7-12(16)5-9/h4-5,7,10,18H,2-3,6H2,1H3,(H,19,20). The van der Waals surface area contributed by atoms with Crippen molar-refractivity contribution in [2.45, 2.75) is 32.1 Å². The topological polar surface area (TPSA) is 62.2 Å². The second-order valence-electron chi connectivity index (χ2n) is 5.30. The summed E-state index contributed by atoms with van der Waals surface area (Å²) in [6.45, 7) is 1.76. The summed E-state index contributed by atoms with van der Waals surface area (Å²) in [5.41, 5.74) is 2.59. The normalized spacial score (nSPS) is 14.2. The average molecular weight is 306 g/mol. The van der Waals surface area contributed by atoms with Crippen LogP contribution in [0.1, 0.15) is 40.6 Å². The van der Waals surface area contributed by atoms with Crippen LogP contribution in [0.15, 0.2) is 18.2 Å². The van der Waals surface area contributed by atoms with Crippen LogP contribution in [0.25, 0.3) is 0 Å². The van der Waals surface area contributed by atoms with Crippen LogP contribution in [-0.2, 0) is 6.42 Å². The molecule has 0 radical (unpaired) electrons. The molecular weight excluding hydrogens is 291 g/mol. The molecule has 0 aliphatic heterocycles. The molecule has 6 heteroatoms. The smallest absolute Gasteiger partial charge is 0.409 e. The van der Waals surface area contributed by atoms with E-state index in [1.165, 1.54) is 17.4 Å². The lowest BCUT2D eigenvalue weighted by Gasteiger charge is -2.03. The summed E-state index contributed by atoms with van der Waals surface area (Å²) in [6.07, 6.45) is 1.68. The fourth-order valence-corrected chi connectivity index (χ4v) is 3.33. The zero-order valence-corrected chi connectivity index (χ0v) is 12.3. The maximum Gasteiger partial charge on any atom is 0.409 e. The van der Waals surface area contributed by atoms with Crippen molar-refractivity contribution in [1.82, 2.24) is 4.98 Å². The minimum atomic E-state index is -1.10. The van der Waals surface area contributed by atoms with E-state index in [1.54, 1.807) is 13.0 Å². The van der Waals surface area contributed by atoms with E-state index in [-0.39, 0.29) is 5.82 Å². The van der Waals surface area contributed by atoms with E-state index >= 15 is 0 Å². The summed E-state index contributed by atoms with van der Waals surface area (Å²) in [4.78, 5) is 15.0. The summed E-state index contributed by atoms with van der Waals surface area (Å²) < 4.78 is 13.7. The van der Waals surface area contributed by atoms with Crippen molar-refractivity contribution < 1.29 is 14.3 Å². The number of benzene rings is 1. The molecule has 1 aliphatic rings. The number of rotatable bonds is 4. The van der Waals surface area contributed by atoms with Gasteiger partial charge in [-0.15, -0.1) is 11.3 Å². The van der Waals surface area contributed by atoms with Gasteiger partial charge in [-0.25, -0.2) is 14.2 Å². The summed E-state index contributed by atoms with van der Waals surface area (Å²) in [5, 5.41) is 12.4. The van der Waals surface area contributed by atoms with Gasteiger partial charge in [-0.1, -0.05) is 6.07 Å². The van der Waals surface area contributed by atoms with E-state index in [0.717, 1.165) is 29.0 Å². The number of hydrogen-bond acceptors (Lipinski definition) is 3. The number of halogens is 1. The van der Waals surface area contributed by atoms with Gasteiger partial charge in [0.25, 0.3) is 0 Å². The third kappa shape index (κ3) is 3.39. The number of carbonyl (C=O) groups is 1. The van der Waals surface area contributed by atoms with Gasteiger partial charge in [0, 0.05) is 6.42 Å². The van der Waals surface area contributed by atoms with Crippen molar-refractivity contribution in [3.63, 3.8) is 0 Å². The Morgan fingerprint density at radius 3 is 2.90 bits per heavy atom. The number of thiazole rings is 1. The van der Waals surface area contributed by atoms with Gasteiger partial charge in [-0.3, -0.25) is 5.32 Å². The molecule has 3 rings (SSSR count). The highest BCUT2D eigenvalue weighted by atomic mass is 32.1. The first-order chi connectivity index (χ1) is 10.0. The predicted molar refractivity (Wildman–Crippen MR) is 79.7 cm³/mol. The lowest BCUT2D eigenvalue weighted by Crippen LogP contribution is -2.06. The molecule has 1 saturated carbocycles. The fourth-order valence-electron chi connectivity index (χ4n) is 2.35. The first-order valence-electron chi connectivity index (χ1n) is 6.77. The van der Waals surface area contributed by atoms with Crippen molar-refractivity contribution in [3.8, 4) is 0 Å². The van der Waals surface area contributed by atoms with Crippen LogP contribution in [0, 0.1) is 12.7 Å². The molecule has 1 amide bonds. The predicted octanol–water partition coefficient (Wildman–Crippen LogP) is 4.15. The Morgan fingerprint density at radius 1 is 1.48 bits per heavy atom. The van der Waals surface area contributed by atoms with Crippen LogP contribution in [0.5, 0.6) is 0 Å². The molecule has 2 aromatic rings. The molecule has 1 aliphatic carbocycles. The third-order valence-electron chi connectivity index (χ3n) is 3.45. The Morgan fingerprint density at radius 2 is 2.24 bits per heavy atom. The molecule has 0 bridgehead atoms. The quantitative estimate of drug-likeness (QED) is 0.892. The number of aryl methyl sites for hydroxylation is 1. The first kappa shape index (κ1) is 14.0. The summed E-state index contributed by atoms with van der Waals surface area (Å²) in [5.74, 6) is 0.285. The molecule has 1 aromatic heterocycles. The van der Waals surface area contributed by atoms with E-state index in [9.17, 15) is 9.18 Å². The van der Waals surface area contributed by atoms with E-state index in [4.69, 9.17) is 5.11 Å². The van der Waals surface area contributed by atoms with Crippen molar-refractivity contribution in [1.29, 1.82) is 0 Å². The van der Waals surface area contributed by atoms with Gasteiger partial charge < -0.3 is 5.11 Å². The SMILES string of the molecule is Cc1nc(Cc2cc(F)cc(C3CC3)c2)sc1NC(=O)O. The van der Waals surface area contributed by atoms with Gasteiger partial charge in [0.1, 0.15) is 10.8 Å². The molecule has 1 fully saturated rings. The Labute approximate surface area is 125 Å². The van der Waals surface area contributed by atoms with Crippen molar-refractivity contribution in [2.24, 2.45) is 0 Å². The lowest BCUT2D eigenvalue weighted by molar-refractivity contribution is 0.210. The third-order valence-corrected chi connectivity index (χ3v) is 4.52. The molecule has 110 valence electrons. The van der Waals surface area contributed by atoms with Gasteiger partial charge in [0.15, 0.2) is 0 Å². The Bertz CT molecular complexity index is 695. The summed E-state index contributed by atoms with van der Waals surface area (Å²) in [6, 6.07) is 5.15. The van der Waals surface area contributed by atoms with E-state index < -0.39 is 6.09 Å². The molecule has 0 spiro atoms. The number of nitrogens with zero attached hydrogens (tertiary/aromatic N) is 1. The molecule has 4 nitrogen and oxygen atoms in total. The Balaban J connectivity index is 1.81. The van der Waals surface area contributed by atoms with E-state index in [2.05, 4.69) is 10.3 Å². The number of amides is 1. The first-order valence-corrected chi connectivity index (χ1v) is 7.58. The molecule has 0 unspecified atom stereocenters. The minimum Gasteiger partial charge on any atom is -0.465 e. The lowest BCUT2D eigenvalue weighted by atomic mass is 10.0. The van der Waals surface area contributed by atoms with Gasteiger partial charge in [0.05, 0.1) is 10.7 Å². The zero-order chi connectivity index (χ0) is 15.0. The highest BCUT2D eigenvalue weighted by Crippen LogP contribution is 2.40. The van der Waals surface area contributed by atoms with Crippen molar-refractivity contribution >= 4 is 22.4 Å². The highest BCUT2D eigenvalue weighted by Gasteiger charge is 2.24. The number of anilines is 1. The van der Waals surface area contributed by atoms with Gasteiger partial charge in [0.2, 0.25) is 0 Å². The molecule has 1 heterocycles. The fraction of sp³-hybridized carbons (Fsp3) is 0.333. The average Bonchev–Trinajstić information content (AvgIpc) is 3.16. The van der Waals surface area contributed by atoms with Gasteiger partial charge in [-0.2, -0.15) is 0 Å². The molecule has 21 heavy (non-hydrogen) atoms. The second-order valence-corrected chi connectivity index (χ2v) is 6.38. The highest BCUT2D eigenvalue weighted by molar-refractivity contribution is 7.16. The van der Waals surface area contributed by atoms with Crippen molar-refractivity contribution in [2.75, 3.05) is 5.32 Å². The van der Waals surface area contributed by atoms with Gasteiger partial charge >= 0.3 is 6.09 Å². The Kier molecular flexibility index (Phi) is 3.63. The zero-order valence-electron chi connectivity index (χ0n) is 11.5. The number of hydrogen-bond donors (Lipinski definition) is 2. The van der Waals surface area contributed by atoms with Crippen LogP contribution in [-0.4, -0.2) is 16.2 Å². The summed E-state index contributed by atoms with van der Waals surface area (Å²) >= 11 is 1.29. The van der Waals surface area contributed by atoms with Crippen LogP contribution in [0.3, 0.4) is 0 Å². The summed E-state index contributed by atoms with van der Waals surface area (Å²) in [7, 11) is 0. The van der Waals surface area contributed by atoms with Crippen molar-refractivity contribution in [3.05, 3.63) is 45.8 Å². The van der Waals surface area contributed by atoms with E-state index in [1.807, 2.05) is 6.07 Å². The van der Waals surface area contributed by atoms with Gasteiger partial charge in [-0.05, 0) is 48.9 Å². The Hall–Kier alpha value is -1.95. The monoisotopic (exact) mass is 306 g/mol. The van der Waals surface area contributed by atoms with Crippen LogP contribution >= 0.6 is 11.3 Å². The number of aromatic nitrogens is 1. The maximum absolute atomic E-state index is 13.7. The minimum absolute atomic E-state index is 0.216. The van der Waals surface area contributed by atoms with E-state index in [0.29, 0.717) is 23.0 Å².